The maximum Gasteiger partial charge on any atom is 0.306 e. The highest BCUT2D eigenvalue weighted by molar-refractivity contribution is 5.96. The average Bonchev–Trinajstić information content (AvgIpc) is 3.24. The van der Waals surface area contributed by atoms with Crippen molar-refractivity contribution >= 4 is 34.8 Å². The number of unbranched alkanes of at least 4 members (excludes halogenated alkanes) is 2. The molecule has 1 saturated heterocycles. The van der Waals surface area contributed by atoms with Gasteiger partial charge in [0.2, 0.25) is 11.3 Å². The van der Waals surface area contributed by atoms with Gasteiger partial charge in [0.1, 0.15) is 17.3 Å². The Hall–Kier alpha value is -3.76. The van der Waals surface area contributed by atoms with Gasteiger partial charge in [-0.05, 0) is 45.7 Å². The molecule has 3 rings (SSSR count). The van der Waals surface area contributed by atoms with Gasteiger partial charge in [0.15, 0.2) is 0 Å². The summed E-state index contributed by atoms with van der Waals surface area (Å²) in [5, 5.41) is 11.9. The number of amides is 2. The maximum atomic E-state index is 12.8. The Morgan fingerprint density at radius 1 is 1.13 bits per heavy atom. The van der Waals surface area contributed by atoms with Gasteiger partial charge in [-0.3, -0.25) is 24.0 Å². The molecular weight excluding hydrogens is 492 g/mol. The van der Waals surface area contributed by atoms with E-state index in [4.69, 9.17) is 9.84 Å². The van der Waals surface area contributed by atoms with Crippen LogP contribution in [-0.2, 0) is 25.7 Å². The number of aryl methyl sites for hydroxylation is 2. The molecule has 1 fully saturated rings. The van der Waals surface area contributed by atoms with Crippen LogP contribution in [0.5, 0.6) is 0 Å². The summed E-state index contributed by atoms with van der Waals surface area (Å²) in [6, 6.07) is 3.39. The van der Waals surface area contributed by atoms with Gasteiger partial charge < -0.3 is 24.6 Å². The molecule has 0 unspecified atom stereocenters. The van der Waals surface area contributed by atoms with E-state index < -0.39 is 23.9 Å². The number of carboxylic acids is 1. The average molecular weight is 529 g/mol. The number of likely N-dealkylation sites (tertiary alicyclic amines) is 1. The summed E-state index contributed by atoms with van der Waals surface area (Å²) in [4.78, 5) is 66.7. The molecule has 0 aliphatic carbocycles. The summed E-state index contributed by atoms with van der Waals surface area (Å²) >= 11 is 0. The minimum atomic E-state index is -1.06. The second kappa shape index (κ2) is 13.2. The minimum absolute atomic E-state index is 0.0225. The quantitative estimate of drug-likeness (QED) is 0.315. The zero-order valence-corrected chi connectivity index (χ0v) is 22.2. The van der Waals surface area contributed by atoms with Crippen LogP contribution in [0.2, 0.25) is 0 Å². The molecule has 0 radical (unpaired) electrons. The molecule has 0 saturated carbocycles. The number of aromatic nitrogens is 2. The first kappa shape index (κ1) is 28.8. The van der Waals surface area contributed by atoms with Crippen molar-refractivity contribution in [1.82, 2.24) is 19.8 Å². The van der Waals surface area contributed by atoms with Crippen molar-refractivity contribution in [2.24, 2.45) is 0 Å². The summed E-state index contributed by atoms with van der Waals surface area (Å²) in [5.74, 6) is -2.07. The first-order valence-electron chi connectivity index (χ1n) is 13.1. The van der Waals surface area contributed by atoms with Gasteiger partial charge in [-0.15, -0.1) is 0 Å². The minimum Gasteiger partial charge on any atom is -0.481 e. The third-order valence-electron chi connectivity index (χ3n) is 6.70. The Balaban J connectivity index is 1.41. The molecule has 0 spiro atoms. The Morgan fingerprint density at radius 2 is 1.89 bits per heavy atom. The van der Waals surface area contributed by atoms with Gasteiger partial charge in [0.05, 0.1) is 24.8 Å². The smallest absolute Gasteiger partial charge is 0.306 e. The molecule has 38 heavy (non-hydrogen) atoms. The molecule has 2 aromatic heterocycles. The van der Waals surface area contributed by atoms with Crippen molar-refractivity contribution in [3.63, 3.8) is 0 Å². The summed E-state index contributed by atoms with van der Waals surface area (Å²) in [6.07, 6.45) is 3.58. The lowest BCUT2D eigenvalue weighted by Gasteiger charge is -2.21. The summed E-state index contributed by atoms with van der Waals surface area (Å²) < 4.78 is 7.11. The number of esters is 1. The van der Waals surface area contributed by atoms with E-state index in [-0.39, 0.29) is 35.8 Å². The van der Waals surface area contributed by atoms with Crippen molar-refractivity contribution in [2.45, 2.75) is 84.4 Å². The van der Waals surface area contributed by atoms with Crippen LogP contribution in [0.1, 0.15) is 74.8 Å². The van der Waals surface area contributed by atoms with E-state index >= 15 is 0 Å². The van der Waals surface area contributed by atoms with Crippen LogP contribution in [0.4, 0.5) is 0 Å². The van der Waals surface area contributed by atoms with Gasteiger partial charge in [0.25, 0.3) is 5.91 Å². The number of carbonyl (C=O) groups excluding carboxylic acids is 3. The van der Waals surface area contributed by atoms with E-state index in [1.807, 2.05) is 20.8 Å². The lowest BCUT2D eigenvalue weighted by Crippen LogP contribution is -2.34. The fourth-order valence-corrected chi connectivity index (χ4v) is 4.65. The Bertz CT molecular complexity index is 1260. The SMILES string of the molecule is CCn1cc(C(=O)NCCCCCC(=O)N2C[C@H](OC(=O)CCC(=O)O)C[C@H]2C)c(=O)c2ccc(C)nc21. The van der Waals surface area contributed by atoms with Gasteiger partial charge in [0, 0.05) is 43.9 Å². The van der Waals surface area contributed by atoms with Crippen LogP contribution in [0, 0.1) is 6.92 Å². The highest BCUT2D eigenvalue weighted by Crippen LogP contribution is 2.22. The molecule has 11 nitrogen and oxygen atoms in total. The molecule has 2 amide bonds. The fraction of sp³-hybridized carbons (Fsp3) is 0.556. The normalized spacial score (nSPS) is 17.0. The molecule has 11 heteroatoms. The number of pyridine rings is 2. The number of nitrogens with zero attached hydrogens (tertiary/aromatic N) is 3. The number of carboxylic acid groups (broad SMARTS) is 1. The molecule has 0 bridgehead atoms. The van der Waals surface area contributed by atoms with E-state index in [0.717, 1.165) is 12.1 Å². The second-order valence-electron chi connectivity index (χ2n) is 9.68. The van der Waals surface area contributed by atoms with Crippen molar-refractivity contribution in [1.29, 1.82) is 0 Å². The van der Waals surface area contributed by atoms with Crippen LogP contribution < -0.4 is 10.7 Å². The maximum absolute atomic E-state index is 12.8. The highest BCUT2D eigenvalue weighted by atomic mass is 16.5. The third kappa shape index (κ3) is 7.39. The van der Waals surface area contributed by atoms with Gasteiger partial charge >= 0.3 is 11.9 Å². The van der Waals surface area contributed by atoms with Gasteiger partial charge in [-0.1, -0.05) is 6.42 Å². The van der Waals surface area contributed by atoms with Crippen molar-refractivity contribution < 1.29 is 29.0 Å². The predicted molar refractivity (Wildman–Crippen MR) is 140 cm³/mol. The fourth-order valence-electron chi connectivity index (χ4n) is 4.65. The number of hydrogen-bond donors (Lipinski definition) is 2. The van der Waals surface area contributed by atoms with E-state index in [1.165, 1.54) is 0 Å². The number of rotatable bonds is 12. The van der Waals surface area contributed by atoms with Crippen molar-refractivity contribution in [3.05, 3.63) is 39.8 Å². The van der Waals surface area contributed by atoms with Crippen molar-refractivity contribution in [3.8, 4) is 0 Å². The number of ether oxygens (including phenoxy) is 1. The molecule has 206 valence electrons. The monoisotopic (exact) mass is 528 g/mol. The number of carbonyl (C=O) groups is 4. The van der Waals surface area contributed by atoms with E-state index in [1.54, 1.807) is 27.8 Å². The third-order valence-corrected chi connectivity index (χ3v) is 6.70. The molecule has 2 atom stereocenters. The summed E-state index contributed by atoms with van der Waals surface area (Å²) in [7, 11) is 0. The molecule has 3 heterocycles. The van der Waals surface area contributed by atoms with Crippen LogP contribution >= 0.6 is 0 Å². The first-order chi connectivity index (χ1) is 18.1. The molecule has 2 N–H and O–H groups in total. The van der Waals surface area contributed by atoms with Crippen LogP contribution in [-0.4, -0.2) is 68.5 Å². The largest absolute Gasteiger partial charge is 0.481 e. The van der Waals surface area contributed by atoms with Crippen LogP contribution in [0.15, 0.2) is 23.1 Å². The zero-order valence-electron chi connectivity index (χ0n) is 22.2. The number of fused-ring (bicyclic) bond motifs is 1. The lowest BCUT2D eigenvalue weighted by atomic mass is 10.1. The van der Waals surface area contributed by atoms with Crippen molar-refractivity contribution in [2.75, 3.05) is 13.1 Å². The van der Waals surface area contributed by atoms with E-state index in [9.17, 15) is 24.0 Å². The standard InChI is InChI=1S/C27H36N4O7/c1-4-30-16-21(25(36)20-10-9-17(2)29-26(20)30)27(37)28-13-7-5-6-8-22(32)31-15-19(14-18(31)3)38-24(35)12-11-23(33)34/h9-10,16,18-19H,4-8,11-15H2,1-3H3,(H,28,37)(H,33,34)/t18-,19-/m1/s1. The Kier molecular flexibility index (Phi) is 9.98. The second-order valence-corrected chi connectivity index (χ2v) is 9.68. The molecular formula is C27H36N4O7. The predicted octanol–water partition coefficient (Wildman–Crippen LogP) is 2.41. The van der Waals surface area contributed by atoms with Gasteiger partial charge in [-0.2, -0.15) is 0 Å². The summed E-state index contributed by atoms with van der Waals surface area (Å²) in [5.41, 5.74) is 1.10. The summed E-state index contributed by atoms with van der Waals surface area (Å²) in [6.45, 7) is 6.95. The number of nitrogens with one attached hydrogen (secondary N) is 1. The number of aliphatic carboxylic acids is 1. The van der Waals surface area contributed by atoms with E-state index in [2.05, 4.69) is 10.3 Å². The number of hydrogen-bond acceptors (Lipinski definition) is 7. The lowest BCUT2D eigenvalue weighted by molar-refractivity contribution is -0.152. The zero-order chi connectivity index (χ0) is 27.8. The molecule has 0 aromatic carbocycles. The first-order valence-corrected chi connectivity index (χ1v) is 13.1. The Labute approximate surface area is 221 Å². The van der Waals surface area contributed by atoms with Crippen LogP contribution in [0.25, 0.3) is 11.0 Å². The van der Waals surface area contributed by atoms with Gasteiger partial charge in [-0.25, -0.2) is 4.98 Å². The van der Waals surface area contributed by atoms with Crippen LogP contribution in [0.3, 0.4) is 0 Å². The molecule has 1 aliphatic rings. The van der Waals surface area contributed by atoms with E-state index in [0.29, 0.717) is 56.4 Å². The topological polar surface area (TPSA) is 148 Å². The molecule has 1 aliphatic heterocycles. The highest BCUT2D eigenvalue weighted by Gasteiger charge is 2.34. The molecule has 2 aromatic rings. The Morgan fingerprint density at radius 3 is 2.61 bits per heavy atom.